The number of primary amides is 1. The van der Waals surface area contributed by atoms with Crippen LogP contribution in [0.3, 0.4) is 0 Å². The van der Waals surface area contributed by atoms with Crippen LogP contribution in [0.5, 0.6) is 0 Å². The van der Waals surface area contributed by atoms with E-state index >= 15 is 0 Å². The lowest BCUT2D eigenvalue weighted by Gasteiger charge is -2.02. The highest BCUT2D eigenvalue weighted by atomic mass is 32.1. The fourth-order valence-corrected chi connectivity index (χ4v) is 2.99. The van der Waals surface area contributed by atoms with Crippen molar-refractivity contribution in [2.75, 3.05) is 0 Å². The first kappa shape index (κ1) is 13.5. The molecule has 0 aliphatic heterocycles. The summed E-state index contributed by atoms with van der Waals surface area (Å²) in [6, 6.07) is 13.3. The van der Waals surface area contributed by atoms with E-state index in [2.05, 4.69) is 4.98 Å². The minimum atomic E-state index is -0.482. The molecule has 0 saturated heterocycles. The van der Waals surface area contributed by atoms with E-state index in [9.17, 15) is 9.18 Å². The van der Waals surface area contributed by atoms with Gasteiger partial charge in [-0.25, -0.2) is 9.37 Å². The molecule has 0 unspecified atom stereocenters. The van der Waals surface area contributed by atoms with E-state index in [0.717, 1.165) is 10.4 Å². The molecule has 0 saturated carbocycles. The van der Waals surface area contributed by atoms with Gasteiger partial charge in [-0.1, -0.05) is 30.3 Å². The summed E-state index contributed by atoms with van der Waals surface area (Å²) in [5.74, 6) is -0.758. The van der Waals surface area contributed by atoms with Gasteiger partial charge in [0.25, 0.3) is 0 Å². The maximum absolute atomic E-state index is 13.0. The molecule has 0 fully saturated rings. The molecular formula is C16H11FN2OS. The van der Waals surface area contributed by atoms with Crippen LogP contribution in [-0.4, -0.2) is 10.9 Å². The lowest BCUT2D eigenvalue weighted by Crippen LogP contribution is -2.12. The first-order chi connectivity index (χ1) is 10.1. The molecule has 5 heteroatoms. The second kappa shape index (κ2) is 5.46. The summed E-state index contributed by atoms with van der Waals surface area (Å²) in [6.07, 6.45) is 1.71. The van der Waals surface area contributed by atoms with Gasteiger partial charge in [0, 0.05) is 17.3 Å². The third-order valence-electron chi connectivity index (χ3n) is 3.06. The number of carbonyl (C=O) groups excluding carboxylic acids is 1. The molecule has 0 bridgehead atoms. The highest BCUT2D eigenvalue weighted by molar-refractivity contribution is 7.18. The van der Waals surface area contributed by atoms with Gasteiger partial charge in [-0.3, -0.25) is 4.79 Å². The summed E-state index contributed by atoms with van der Waals surface area (Å²) < 4.78 is 13.0. The molecule has 0 radical (unpaired) electrons. The van der Waals surface area contributed by atoms with Gasteiger partial charge in [-0.15, -0.1) is 11.3 Å². The highest BCUT2D eigenvalue weighted by Gasteiger charge is 2.13. The number of thiazole rings is 1. The van der Waals surface area contributed by atoms with E-state index in [4.69, 9.17) is 5.73 Å². The SMILES string of the molecule is NC(=O)c1ccccc1-c1ncc(-c2ccc(F)cc2)s1. The van der Waals surface area contributed by atoms with E-state index in [1.165, 1.54) is 23.5 Å². The zero-order valence-electron chi connectivity index (χ0n) is 10.9. The smallest absolute Gasteiger partial charge is 0.249 e. The zero-order valence-corrected chi connectivity index (χ0v) is 11.7. The topological polar surface area (TPSA) is 56.0 Å². The number of aromatic nitrogens is 1. The van der Waals surface area contributed by atoms with Gasteiger partial charge >= 0.3 is 0 Å². The molecule has 3 rings (SSSR count). The molecule has 0 spiro atoms. The van der Waals surface area contributed by atoms with Crippen molar-refractivity contribution in [3.8, 4) is 21.0 Å². The van der Waals surface area contributed by atoms with Crippen molar-refractivity contribution >= 4 is 17.2 Å². The van der Waals surface area contributed by atoms with E-state index in [1.54, 1.807) is 30.5 Å². The van der Waals surface area contributed by atoms with Crippen LogP contribution in [-0.2, 0) is 0 Å². The molecule has 1 heterocycles. The Labute approximate surface area is 124 Å². The summed E-state index contributed by atoms with van der Waals surface area (Å²) in [7, 11) is 0. The van der Waals surface area contributed by atoms with Crippen molar-refractivity contribution in [1.82, 2.24) is 4.98 Å². The highest BCUT2D eigenvalue weighted by Crippen LogP contribution is 2.33. The van der Waals surface area contributed by atoms with Crippen LogP contribution in [0.2, 0.25) is 0 Å². The first-order valence-corrected chi connectivity index (χ1v) is 7.08. The Hall–Kier alpha value is -2.53. The van der Waals surface area contributed by atoms with Crippen molar-refractivity contribution in [2.24, 2.45) is 5.73 Å². The Morgan fingerprint density at radius 2 is 1.81 bits per heavy atom. The molecule has 3 aromatic rings. The maximum Gasteiger partial charge on any atom is 0.249 e. The number of carbonyl (C=O) groups is 1. The predicted octanol–water partition coefficient (Wildman–Crippen LogP) is 3.72. The Morgan fingerprint density at radius 1 is 1.10 bits per heavy atom. The minimum absolute atomic E-state index is 0.275. The van der Waals surface area contributed by atoms with Crippen molar-refractivity contribution in [1.29, 1.82) is 0 Å². The summed E-state index contributed by atoms with van der Waals surface area (Å²) in [4.78, 5) is 16.7. The predicted molar refractivity (Wildman–Crippen MR) is 81.5 cm³/mol. The third-order valence-corrected chi connectivity index (χ3v) is 4.14. The van der Waals surface area contributed by atoms with Crippen molar-refractivity contribution in [2.45, 2.75) is 0 Å². The number of nitrogens with two attached hydrogens (primary N) is 1. The van der Waals surface area contributed by atoms with E-state index < -0.39 is 5.91 Å². The fourth-order valence-electron chi connectivity index (χ4n) is 2.03. The van der Waals surface area contributed by atoms with E-state index in [0.29, 0.717) is 16.1 Å². The third kappa shape index (κ3) is 2.68. The standard InChI is InChI=1S/C16H11FN2OS/c17-11-7-5-10(6-8-11)14-9-19-16(21-14)13-4-2-1-3-12(13)15(18)20/h1-9H,(H2,18,20). The molecule has 0 atom stereocenters. The van der Waals surface area contributed by atoms with Gasteiger partial charge in [0.15, 0.2) is 0 Å². The Morgan fingerprint density at radius 3 is 2.52 bits per heavy atom. The molecule has 104 valence electrons. The molecule has 21 heavy (non-hydrogen) atoms. The number of amides is 1. The van der Waals surface area contributed by atoms with Gasteiger partial charge in [-0.05, 0) is 23.8 Å². The van der Waals surface area contributed by atoms with Crippen LogP contribution < -0.4 is 5.73 Å². The lowest BCUT2D eigenvalue weighted by atomic mass is 10.1. The fraction of sp³-hybridized carbons (Fsp3) is 0. The van der Waals surface area contributed by atoms with Crippen molar-refractivity contribution in [3.05, 3.63) is 66.1 Å². The quantitative estimate of drug-likeness (QED) is 0.801. The number of benzene rings is 2. The number of hydrogen-bond acceptors (Lipinski definition) is 3. The Bertz CT molecular complexity index is 796. The molecule has 0 aliphatic carbocycles. The molecule has 1 amide bonds. The second-order valence-corrected chi connectivity index (χ2v) is 5.48. The summed E-state index contributed by atoms with van der Waals surface area (Å²) in [5.41, 5.74) is 7.42. The Balaban J connectivity index is 2.03. The first-order valence-electron chi connectivity index (χ1n) is 6.26. The monoisotopic (exact) mass is 298 g/mol. The van der Waals surface area contributed by atoms with Gasteiger partial charge in [0.05, 0.1) is 4.88 Å². The zero-order chi connectivity index (χ0) is 14.8. The summed E-state index contributed by atoms with van der Waals surface area (Å²) in [5, 5.41) is 0.712. The average molecular weight is 298 g/mol. The largest absolute Gasteiger partial charge is 0.366 e. The van der Waals surface area contributed by atoms with Crippen LogP contribution in [0, 0.1) is 5.82 Å². The number of hydrogen-bond donors (Lipinski definition) is 1. The molecule has 3 nitrogen and oxygen atoms in total. The summed E-state index contributed by atoms with van der Waals surface area (Å²) >= 11 is 1.44. The molecule has 2 aromatic carbocycles. The van der Waals surface area contributed by atoms with Crippen LogP contribution in [0.15, 0.2) is 54.7 Å². The van der Waals surface area contributed by atoms with Gasteiger partial charge < -0.3 is 5.73 Å². The lowest BCUT2D eigenvalue weighted by molar-refractivity contribution is 0.100. The van der Waals surface area contributed by atoms with Crippen molar-refractivity contribution < 1.29 is 9.18 Å². The molecule has 0 aliphatic rings. The summed E-state index contributed by atoms with van der Waals surface area (Å²) in [6.45, 7) is 0. The molecule has 2 N–H and O–H groups in total. The van der Waals surface area contributed by atoms with E-state index in [1.807, 2.05) is 12.1 Å². The van der Waals surface area contributed by atoms with Gasteiger partial charge in [0.1, 0.15) is 10.8 Å². The molecular weight excluding hydrogens is 287 g/mol. The average Bonchev–Trinajstić information content (AvgIpc) is 2.97. The van der Waals surface area contributed by atoms with Gasteiger partial charge in [-0.2, -0.15) is 0 Å². The van der Waals surface area contributed by atoms with E-state index in [-0.39, 0.29) is 5.82 Å². The number of halogens is 1. The van der Waals surface area contributed by atoms with Crippen LogP contribution >= 0.6 is 11.3 Å². The normalized spacial score (nSPS) is 10.5. The van der Waals surface area contributed by atoms with Crippen molar-refractivity contribution in [3.63, 3.8) is 0 Å². The Kier molecular flexibility index (Phi) is 3.50. The second-order valence-electron chi connectivity index (χ2n) is 4.45. The molecule has 1 aromatic heterocycles. The van der Waals surface area contributed by atoms with Crippen LogP contribution in [0.4, 0.5) is 4.39 Å². The van der Waals surface area contributed by atoms with Crippen LogP contribution in [0.1, 0.15) is 10.4 Å². The number of nitrogens with zero attached hydrogens (tertiary/aromatic N) is 1. The van der Waals surface area contributed by atoms with Crippen LogP contribution in [0.25, 0.3) is 21.0 Å². The van der Waals surface area contributed by atoms with Gasteiger partial charge in [0.2, 0.25) is 5.91 Å². The maximum atomic E-state index is 13.0. The number of rotatable bonds is 3. The minimum Gasteiger partial charge on any atom is -0.366 e.